The number of anilines is 1. The van der Waals surface area contributed by atoms with Gasteiger partial charge in [0.1, 0.15) is 5.75 Å². The predicted octanol–water partition coefficient (Wildman–Crippen LogP) is 3.74. The number of carbonyl (C=O) groups is 2. The molecule has 32 heavy (non-hydrogen) atoms. The molecule has 0 bridgehead atoms. The summed E-state index contributed by atoms with van der Waals surface area (Å²) in [6.07, 6.45) is 4.12. The number of hydrogen-bond donors (Lipinski definition) is 3. The van der Waals surface area contributed by atoms with Crippen LogP contribution in [-0.4, -0.2) is 55.0 Å². The van der Waals surface area contributed by atoms with Crippen molar-refractivity contribution >= 4 is 28.4 Å². The van der Waals surface area contributed by atoms with E-state index in [0.29, 0.717) is 30.3 Å². The van der Waals surface area contributed by atoms with E-state index in [1.54, 1.807) is 31.4 Å². The van der Waals surface area contributed by atoms with Crippen molar-refractivity contribution in [3.05, 3.63) is 59.8 Å². The summed E-state index contributed by atoms with van der Waals surface area (Å²) < 4.78 is 5.39. The van der Waals surface area contributed by atoms with Crippen LogP contribution in [0.15, 0.2) is 48.7 Å². The van der Waals surface area contributed by atoms with E-state index < -0.39 is 0 Å². The van der Waals surface area contributed by atoms with Gasteiger partial charge in [-0.15, -0.1) is 0 Å². The number of ether oxygens (including phenoxy) is 1. The van der Waals surface area contributed by atoms with E-state index in [-0.39, 0.29) is 11.8 Å². The lowest BCUT2D eigenvalue weighted by Gasteiger charge is -2.31. The molecule has 2 amide bonds. The van der Waals surface area contributed by atoms with Crippen LogP contribution in [-0.2, 0) is 4.79 Å². The highest BCUT2D eigenvalue weighted by atomic mass is 16.5. The van der Waals surface area contributed by atoms with Gasteiger partial charge >= 0.3 is 0 Å². The van der Waals surface area contributed by atoms with Crippen LogP contribution in [0.1, 0.15) is 41.6 Å². The van der Waals surface area contributed by atoms with Gasteiger partial charge in [-0.3, -0.25) is 14.5 Å². The fraction of sp³-hybridized carbons (Fsp3) is 0.360. The van der Waals surface area contributed by atoms with E-state index in [4.69, 9.17) is 4.74 Å². The molecule has 0 atom stereocenters. The van der Waals surface area contributed by atoms with E-state index in [9.17, 15) is 9.59 Å². The molecule has 4 rings (SSSR count). The van der Waals surface area contributed by atoms with Gasteiger partial charge in [0.25, 0.3) is 5.91 Å². The fourth-order valence-electron chi connectivity index (χ4n) is 4.39. The third-order valence-corrected chi connectivity index (χ3v) is 6.06. The average Bonchev–Trinajstić information content (AvgIpc) is 3.23. The number of amides is 2. The monoisotopic (exact) mass is 434 g/mol. The Morgan fingerprint density at radius 1 is 1.16 bits per heavy atom. The van der Waals surface area contributed by atoms with Gasteiger partial charge in [-0.2, -0.15) is 0 Å². The number of hydrogen-bond acceptors (Lipinski definition) is 4. The van der Waals surface area contributed by atoms with Crippen molar-refractivity contribution in [1.29, 1.82) is 0 Å². The maximum absolute atomic E-state index is 12.6. The summed E-state index contributed by atoms with van der Waals surface area (Å²) >= 11 is 0. The van der Waals surface area contributed by atoms with Gasteiger partial charge in [-0.05, 0) is 80.7 Å². The van der Waals surface area contributed by atoms with Gasteiger partial charge < -0.3 is 20.4 Å². The first-order valence-corrected chi connectivity index (χ1v) is 11.1. The first kappa shape index (κ1) is 21.9. The Kier molecular flexibility index (Phi) is 6.75. The smallest absolute Gasteiger partial charge is 0.251 e. The van der Waals surface area contributed by atoms with Crippen LogP contribution in [0.25, 0.3) is 10.9 Å². The van der Waals surface area contributed by atoms with Crippen molar-refractivity contribution in [3.63, 3.8) is 0 Å². The molecule has 2 heterocycles. The highest BCUT2D eigenvalue weighted by molar-refractivity contribution is 5.97. The van der Waals surface area contributed by atoms with E-state index in [1.807, 2.05) is 13.0 Å². The van der Waals surface area contributed by atoms with Crippen LogP contribution in [0.5, 0.6) is 5.75 Å². The van der Waals surface area contributed by atoms with Crippen LogP contribution < -0.4 is 15.4 Å². The SMILES string of the molecule is CCNC(=O)c1cccc(NC(=O)CN2CCC(c3c[nH]c4ccc(OC)cc34)CC2)c1. The number of aromatic amines is 1. The van der Waals surface area contributed by atoms with E-state index in [0.717, 1.165) is 37.2 Å². The van der Waals surface area contributed by atoms with Crippen LogP contribution in [0.2, 0.25) is 0 Å². The van der Waals surface area contributed by atoms with E-state index in [2.05, 4.69) is 38.8 Å². The first-order valence-electron chi connectivity index (χ1n) is 11.1. The highest BCUT2D eigenvalue weighted by Gasteiger charge is 2.24. The van der Waals surface area contributed by atoms with Crippen molar-refractivity contribution in [2.45, 2.75) is 25.7 Å². The second-order valence-electron chi connectivity index (χ2n) is 8.19. The number of nitrogens with zero attached hydrogens (tertiary/aromatic N) is 1. The largest absolute Gasteiger partial charge is 0.497 e. The van der Waals surface area contributed by atoms with Gasteiger partial charge in [-0.1, -0.05) is 6.07 Å². The molecule has 7 nitrogen and oxygen atoms in total. The number of carbonyl (C=O) groups excluding carboxylic acids is 2. The molecule has 1 aliphatic rings. The molecular formula is C25H30N4O3. The second-order valence-corrected chi connectivity index (χ2v) is 8.19. The van der Waals surface area contributed by atoms with Gasteiger partial charge in [0.15, 0.2) is 0 Å². The molecule has 1 fully saturated rings. The Bertz CT molecular complexity index is 1100. The van der Waals surface area contributed by atoms with Crippen molar-refractivity contribution in [3.8, 4) is 5.75 Å². The number of aromatic nitrogens is 1. The average molecular weight is 435 g/mol. The molecule has 1 aromatic heterocycles. The molecule has 0 saturated carbocycles. The van der Waals surface area contributed by atoms with E-state index >= 15 is 0 Å². The molecule has 3 aromatic rings. The van der Waals surface area contributed by atoms with E-state index in [1.165, 1.54) is 10.9 Å². The Morgan fingerprint density at radius 2 is 1.97 bits per heavy atom. The minimum atomic E-state index is -0.138. The summed E-state index contributed by atoms with van der Waals surface area (Å²) in [5, 5.41) is 6.91. The lowest BCUT2D eigenvalue weighted by Crippen LogP contribution is -2.38. The standard InChI is InChI=1S/C25H30N4O3/c1-3-26-25(31)18-5-4-6-19(13-18)28-24(30)16-29-11-9-17(10-12-29)22-15-27-23-8-7-20(32-2)14-21(22)23/h4-8,13-15,17,27H,3,9-12,16H2,1-2H3,(H,26,31)(H,28,30). The number of likely N-dealkylation sites (tertiary alicyclic amines) is 1. The second kappa shape index (κ2) is 9.87. The molecule has 7 heteroatoms. The van der Waals surface area contributed by atoms with Crippen LogP contribution in [0.3, 0.4) is 0 Å². The van der Waals surface area contributed by atoms with Crippen LogP contribution in [0.4, 0.5) is 5.69 Å². The zero-order valence-electron chi connectivity index (χ0n) is 18.6. The molecular weight excluding hydrogens is 404 g/mol. The fourth-order valence-corrected chi connectivity index (χ4v) is 4.39. The molecule has 0 spiro atoms. The Hall–Kier alpha value is -3.32. The quantitative estimate of drug-likeness (QED) is 0.529. The normalized spacial score (nSPS) is 14.9. The van der Waals surface area contributed by atoms with Crippen molar-refractivity contribution in [1.82, 2.24) is 15.2 Å². The minimum Gasteiger partial charge on any atom is -0.497 e. The lowest BCUT2D eigenvalue weighted by atomic mass is 9.89. The molecule has 168 valence electrons. The number of rotatable bonds is 7. The maximum atomic E-state index is 12.6. The summed E-state index contributed by atoms with van der Waals surface area (Å²) in [7, 11) is 1.69. The van der Waals surface area contributed by atoms with Crippen molar-refractivity contribution in [2.24, 2.45) is 0 Å². The Balaban J connectivity index is 1.32. The molecule has 0 radical (unpaired) electrons. The summed E-state index contributed by atoms with van der Waals surface area (Å²) in [6, 6.07) is 13.1. The van der Waals surface area contributed by atoms with Gasteiger partial charge in [0.05, 0.1) is 13.7 Å². The minimum absolute atomic E-state index is 0.0617. The summed E-state index contributed by atoms with van der Waals surface area (Å²) in [6.45, 7) is 4.53. The van der Waals surface area contributed by atoms with Crippen LogP contribution in [0, 0.1) is 0 Å². The highest BCUT2D eigenvalue weighted by Crippen LogP contribution is 2.34. The topological polar surface area (TPSA) is 86.5 Å². The number of fused-ring (bicyclic) bond motifs is 1. The molecule has 1 aliphatic heterocycles. The third kappa shape index (κ3) is 4.94. The summed E-state index contributed by atoms with van der Waals surface area (Å²) in [5.74, 6) is 1.13. The number of benzene rings is 2. The summed E-state index contributed by atoms with van der Waals surface area (Å²) in [4.78, 5) is 30.1. The number of nitrogens with one attached hydrogen (secondary N) is 3. The van der Waals surface area contributed by atoms with Crippen molar-refractivity contribution < 1.29 is 14.3 Å². The Labute approximate surface area is 188 Å². The molecule has 3 N–H and O–H groups in total. The van der Waals surface area contributed by atoms with Crippen molar-refractivity contribution in [2.75, 3.05) is 38.6 Å². The lowest BCUT2D eigenvalue weighted by molar-refractivity contribution is -0.117. The zero-order valence-corrected chi connectivity index (χ0v) is 18.6. The third-order valence-electron chi connectivity index (χ3n) is 6.06. The Morgan fingerprint density at radius 3 is 2.72 bits per heavy atom. The zero-order chi connectivity index (χ0) is 22.5. The van der Waals surface area contributed by atoms with Crippen LogP contribution >= 0.6 is 0 Å². The van der Waals surface area contributed by atoms with Gasteiger partial charge in [0.2, 0.25) is 5.91 Å². The predicted molar refractivity (Wildman–Crippen MR) is 126 cm³/mol. The number of piperidine rings is 1. The summed E-state index contributed by atoms with van der Waals surface area (Å²) in [5.41, 5.74) is 3.63. The molecule has 1 saturated heterocycles. The number of methoxy groups -OCH3 is 1. The first-order chi connectivity index (χ1) is 15.6. The number of H-pyrrole nitrogens is 1. The molecule has 2 aromatic carbocycles. The maximum Gasteiger partial charge on any atom is 0.251 e. The van der Waals surface area contributed by atoms with Gasteiger partial charge in [0, 0.05) is 34.9 Å². The molecule has 0 unspecified atom stereocenters. The molecule has 0 aliphatic carbocycles. The van der Waals surface area contributed by atoms with Gasteiger partial charge in [-0.25, -0.2) is 0 Å².